The minimum Gasteiger partial charge on any atom is -0.395 e. The van der Waals surface area contributed by atoms with E-state index in [1.165, 1.54) is 0 Å². The first-order valence-corrected chi connectivity index (χ1v) is 10.4. The molecule has 4 rings (SSSR count). The van der Waals surface area contributed by atoms with Gasteiger partial charge in [-0.3, -0.25) is 14.6 Å². The molecule has 0 radical (unpaired) electrons. The summed E-state index contributed by atoms with van der Waals surface area (Å²) < 4.78 is 1.81. The molecule has 31 heavy (non-hydrogen) atoms. The van der Waals surface area contributed by atoms with Gasteiger partial charge in [-0.2, -0.15) is 10.1 Å². The molecule has 0 amide bonds. The second-order valence-corrected chi connectivity index (χ2v) is 7.37. The Kier molecular flexibility index (Phi) is 6.19. The lowest BCUT2D eigenvalue weighted by molar-refractivity contribution is 0.301. The van der Waals surface area contributed by atoms with E-state index in [9.17, 15) is 5.11 Å². The number of benzene rings is 1. The normalized spacial score (nSPS) is 11.5. The summed E-state index contributed by atoms with van der Waals surface area (Å²) in [5.74, 6) is 0.831. The van der Waals surface area contributed by atoms with Crippen LogP contribution in [0.4, 0.5) is 11.8 Å². The van der Waals surface area contributed by atoms with Crippen molar-refractivity contribution in [3.8, 4) is 0 Å². The summed E-state index contributed by atoms with van der Waals surface area (Å²) in [7, 11) is 0. The zero-order valence-corrected chi connectivity index (χ0v) is 17.6. The first kappa shape index (κ1) is 20.9. The molecule has 10 nitrogen and oxygen atoms in total. The van der Waals surface area contributed by atoms with Crippen molar-refractivity contribution < 1.29 is 5.11 Å². The predicted molar refractivity (Wildman–Crippen MR) is 120 cm³/mol. The van der Waals surface area contributed by atoms with Crippen molar-refractivity contribution in [3.63, 3.8) is 0 Å². The van der Waals surface area contributed by atoms with Crippen molar-refractivity contribution in [1.29, 1.82) is 0 Å². The summed E-state index contributed by atoms with van der Waals surface area (Å²) in [6.07, 6.45) is 7.21. The minimum atomic E-state index is 0.0218. The van der Waals surface area contributed by atoms with E-state index in [0.717, 1.165) is 41.5 Å². The molecule has 4 aromatic rings. The number of unbranched alkanes of at least 4 members (excludes halogenated alkanes) is 1. The van der Waals surface area contributed by atoms with Crippen LogP contribution >= 0.6 is 0 Å². The highest BCUT2D eigenvalue weighted by Gasteiger charge is 2.17. The summed E-state index contributed by atoms with van der Waals surface area (Å²) in [6, 6.07) is 3.98. The van der Waals surface area contributed by atoms with Crippen LogP contribution in [0.25, 0.3) is 22.1 Å². The average molecular weight is 422 g/mol. The summed E-state index contributed by atoms with van der Waals surface area (Å²) in [5.41, 5.74) is 16.7. The van der Waals surface area contributed by atoms with Gasteiger partial charge >= 0.3 is 0 Å². The van der Waals surface area contributed by atoms with Crippen LogP contribution in [0, 0.1) is 0 Å². The minimum absolute atomic E-state index is 0.0218. The van der Waals surface area contributed by atoms with Crippen LogP contribution in [0.1, 0.15) is 30.9 Å². The van der Waals surface area contributed by atoms with Crippen LogP contribution in [0.2, 0.25) is 0 Å². The fourth-order valence-corrected chi connectivity index (χ4v) is 3.69. The van der Waals surface area contributed by atoms with Gasteiger partial charge < -0.3 is 21.5 Å². The van der Waals surface area contributed by atoms with E-state index in [-0.39, 0.29) is 12.6 Å². The molecule has 5 N–H and O–H groups in total. The van der Waals surface area contributed by atoms with Gasteiger partial charge in [0.05, 0.1) is 30.4 Å². The van der Waals surface area contributed by atoms with Crippen molar-refractivity contribution in [3.05, 3.63) is 41.9 Å². The first-order chi connectivity index (χ1) is 15.1. The third-order valence-electron chi connectivity index (χ3n) is 5.21. The van der Waals surface area contributed by atoms with Gasteiger partial charge in [0.15, 0.2) is 11.3 Å². The van der Waals surface area contributed by atoms with Crippen molar-refractivity contribution >= 4 is 33.8 Å². The molecule has 1 aromatic carbocycles. The Balaban J connectivity index is 1.74. The second kappa shape index (κ2) is 9.19. The van der Waals surface area contributed by atoms with Crippen molar-refractivity contribution in [1.82, 2.24) is 29.7 Å². The van der Waals surface area contributed by atoms with E-state index in [0.29, 0.717) is 36.5 Å². The summed E-state index contributed by atoms with van der Waals surface area (Å²) in [6.45, 7) is 4.25. The Bertz CT molecular complexity index is 1190. The van der Waals surface area contributed by atoms with Gasteiger partial charge in [-0.25, -0.2) is 4.98 Å². The molecule has 0 aliphatic heterocycles. The van der Waals surface area contributed by atoms with E-state index in [1.807, 2.05) is 27.9 Å². The smallest absolute Gasteiger partial charge is 0.222 e. The number of hydrogen-bond donors (Lipinski definition) is 3. The third-order valence-corrected chi connectivity index (χ3v) is 5.21. The number of rotatable bonds is 9. The van der Waals surface area contributed by atoms with Gasteiger partial charge in [-0.05, 0) is 12.0 Å². The number of fused-ring (bicyclic) bond motifs is 2. The van der Waals surface area contributed by atoms with E-state index < -0.39 is 0 Å². The Morgan fingerprint density at radius 2 is 1.77 bits per heavy atom. The molecule has 3 aromatic heterocycles. The van der Waals surface area contributed by atoms with E-state index in [4.69, 9.17) is 16.6 Å². The number of aliphatic hydroxyl groups excluding tert-OH is 1. The number of aliphatic hydroxyl groups is 1. The molecular formula is C21H27N9O. The quantitative estimate of drug-likeness (QED) is 0.365. The number of nitrogens with zero attached hydrogens (tertiary/aromatic N) is 7. The molecule has 0 saturated heterocycles. The monoisotopic (exact) mass is 421 g/mol. The second-order valence-electron chi connectivity index (χ2n) is 7.37. The highest BCUT2D eigenvalue weighted by Crippen LogP contribution is 2.25. The number of nitrogens with two attached hydrogens (primary N) is 2. The first-order valence-electron chi connectivity index (χ1n) is 10.4. The Morgan fingerprint density at radius 1 is 1.03 bits per heavy atom. The maximum absolute atomic E-state index is 9.52. The van der Waals surface area contributed by atoms with Gasteiger partial charge in [0.2, 0.25) is 5.95 Å². The van der Waals surface area contributed by atoms with Crippen molar-refractivity contribution in [2.75, 3.05) is 30.3 Å². The van der Waals surface area contributed by atoms with E-state index in [1.54, 1.807) is 12.4 Å². The molecule has 0 aliphatic carbocycles. The number of nitrogen functional groups attached to an aromatic ring is 1. The molecular weight excluding hydrogens is 394 g/mol. The van der Waals surface area contributed by atoms with Gasteiger partial charge in [0, 0.05) is 37.6 Å². The van der Waals surface area contributed by atoms with Gasteiger partial charge in [-0.15, -0.1) is 0 Å². The maximum atomic E-state index is 9.52. The highest BCUT2D eigenvalue weighted by molar-refractivity contribution is 5.86. The van der Waals surface area contributed by atoms with Gasteiger partial charge in [0.1, 0.15) is 5.52 Å². The molecule has 162 valence electrons. The molecule has 0 fully saturated rings. The SMILES string of the molecule is CCCCN(CCO)c1nc(N)nc2cn(Cc3ccc(CN)c4nccnc34)nc12. The van der Waals surface area contributed by atoms with Crippen molar-refractivity contribution in [2.45, 2.75) is 32.9 Å². The topological polar surface area (TPSA) is 145 Å². The third kappa shape index (κ3) is 4.25. The standard InChI is InChI=1S/C21H27N9O/c1-2-3-8-29(9-10-31)20-19-16(26-21(23)27-20)13-30(28-19)12-15-5-4-14(11-22)17-18(15)25-7-6-24-17/h4-7,13,31H,2-3,8-12,22H2,1H3,(H2,23,26). The molecule has 0 saturated carbocycles. The Labute approximate surface area is 179 Å². The number of anilines is 2. The summed E-state index contributed by atoms with van der Waals surface area (Å²) in [4.78, 5) is 19.8. The summed E-state index contributed by atoms with van der Waals surface area (Å²) in [5, 5.41) is 14.3. The Hall–Kier alpha value is -3.37. The molecule has 0 unspecified atom stereocenters. The molecule has 0 spiro atoms. The lowest BCUT2D eigenvalue weighted by Crippen LogP contribution is -2.29. The molecule has 0 atom stereocenters. The van der Waals surface area contributed by atoms with Crippen LogP contribution in [0.3, 0.4) is 0 Å². The molecule has 3 heterocycles. The number of hydrogen-bond acceptors (Lipinski definition) is 9. The zero-order chi connectivity index (χ0) is 21.8. The highest BCUT2D eigenvalue weighted by atomic mass is 16.3. The largest absolute Gasteiger partial charge is 0.395 e. The molecule has 0 bridgehead atoms. The van der Waals surface area contributed by atoms with E-state index in [2.05, 4.69) is 26.9 Å². The fraction of sp³-hybridized carbons (Fsp3) is 0.381. The van der Waals surface area contributed by atoms with Crippen LogP contribution in [0.15, 0.2) is 30.7 Å². The lowest BCUT2D eigenvalue weighted by atomic mass is 10.1. The van der Waals surface area contributed by atoms with Gasteiger partial charge in [0.25, 0.3) is 0 Å². The van der Waals surface area contributed by atoms with E-state index >= 15 is 0 Å². The van der Waals surface area contributed by atoms with Gasteiger partial charge in [-0.1, -0.05) is 25.5 Å². The lowest BCUT2D eigenvalue weighted by Gasteiger charge is -2.22. The van der Waals surface area contributed by atoms with Crippen molar-refractivity contribution in [2.24, 2.45) is 5.73 Å². The molecule has 0 aliphatic rings. The fourth-order valence-electron chi connectivity index (χ4n) is 3.69. The zero-order valence-electron chi connectivity index (χ0n) is 17.6. The Morgan fingerprint density at radius 3 is 2.48 bits per heavy atom. The maximum Gasteiger partial charge on any atom is 0.222 e. The van der Waals surface area contributed by atoms with Crippen LogP contribution in [-0.4, -0.2) is 54.5 Å². The van der Waals surface area contributed by atoms with Crippen LogP contribution < -0.4 is 16.4 Å². The summed E-state index contributed by atoms with van der Waals surface area (Å²) >= 11 is 0. The predicted octanol–water partition coefficient (Wildman–Crippen LogP) is 1.46. The van der Waals surface area contributed by atoms with Crippen LogP contribution in [0.5, 0.6) is 0 Å². The molecule has 10 heteroatoms. The number of aromatic nitrogens is 6. The average Bonchev–Trinajstić information content (AvgIpc) is 3.18. The van der Waals surface area contributed by atoms with Crippen LogP contribution in [-0.2, 0) is 13.1 Å².